The highest BCUT2D eigenvalue weighted by atomic mass is 32.1. The summed E-state index contributed by atoms with van der Waals surface area (Å²) in [5.74, 6) is -0.201. The summed E-state index contributed by atoms with van der Waals surface area (Å²) in [5, 5.41) is 5.46. The van der Waals surface area contributed by atoms with Gasteiger partial charge in [-0.05, 0) is 12.8 Å². The van der Waals surface area contributed by atoms with Gasteiger partial charge in [0, 0.05) is 24.7 Å². The molecule has 3 rings (SSSR count). The Morgan fingerprint density at radius 1 is 1.57 bits per heavy atom. The molecule has 1 N–H and O–H groups in total. The molecule has 0 bridgehead atoms. The molecule has 2 atom stereocenters. The highest BCUT2D eigenvalue weighted by Gasteiger charge is 2.38. The van der Waals surface area contributed by atoms with E-state index in [-0.39, 0.29) is 18.6 Å². The number of aromatic nitrogens is 1. The average molecular weight is 311 g/mol. The molecule has 0 spiro atoms. The third-order valence-electron chi connectivity index (χ3n) is 3.60. The van der Waals surface area contributed by atoms with E-state index < -0.39 is 12.1 Å². The van der Waals surface area contributed by atoms with Gasteiger partial charge < -0.3 is 14.8 Å². The standard InChI is InChI=1S/C13H17N3O4S/c17-12(15-6-9-2-1-4-19-9)10-8-20-13(18)16(10)7-11-14-3-5-21-11/h3,5,9-10H,1-2,4,6-8H2,(H,15,17)/t9?,10-/m0/s1. The van der Waals surface area contributed by atoms with Crippen LogP contribution in [0.2, 0.25) is 0 Å². The first-order valence-electron chi connectivity index (χ1n) is 6.95. The van der Waals surface area contributed by atoms with Gasteiger partial charge in [0.05, 0.1) is 12.6 Å². The summed E-state index contributed by atoms with van der Waals surface area (Å²) in [5.41, 5.74) is 0. The fourth-order valence-electron chi connectivity index (χ4n) is 2.46. The number of carbonyl (C=O) groups is 2. The van der Waals surface area contributed by atoms with Crippen LogP contribution in [0, 0.1) is 0 Å². The van der Waals surface area contributed by atoms with Crippen molar-refractivity contribution in [3.8, 4) is 0 Å². The van der Waals surface area contributed by atoms with Crippen LogP contribution in [0.4, 0.5) is 4.79 Å². The molecule has 114 valence electrons. The first-order chi connectivity index (χ1) is 10.2. The van der Waals surface area contributed by atoms with Crippen molar-refractivity contribution in [2.45, 2.75) is 31.5 Å². The molecule has 0 aliphatic carbocycles. The maximum absolute atomic E-state index is 12.2. The molecule has 2 aliphatic rings. The SMILES string of the molecule is O=C(NCC1CCCO1)[C@@H]1COC(=O)N1Cc1nccs1. The molecule has 2 fully saturated rings. The van der Waals surface area contributed by atoms with Crippen LogP contribution in [0.5, 0.6) is 0 Å². The Morgan fingerprint density at radius 3 is 3.19 bits per heavy atom. The number of rotatable bonds is 5. The minimum absolute atomic E-state index is 0.0828. The number of amides is 2. The van der Waals surface area contributed by atoms with Crippen LogP contribution in [0.3, 0.4) is 0 Å². The second kappa shape index (κ2) is 6.40. The van der Waals surface area contributed by atoms with Crippen molar-refractivity contribution < 1.29 is 19.1 Å². The monoisotopic (exact) mass is 311 g/mol. The molecule has 3 heterocycles. The average Bonchev–Trinajstić information content (AvgIpc) is 3.21. The molecule has 2 amide bonds. The molecular weight excluding hydrogens is 294 g/mol. The molecule has 0 radical (unpaired) electrons. The Bertz CT molecular complexity index is 502. The zero-order valence-corrected chi connectivity index (χ0v) is 12.3. The van der Waals surface area contributed by atoms with Gasteiger partial charge >= 0.3 is 6.09 Å². The number of carbonyl (C=O) groups excluding carboxylic acids is 2. The Kier molecular flexibility index (Phi) is 4.35. The van der Waals surface area contributed by atoms with Crippen molar-refractivity contribution >= 4 is 23.3 Å². The van der Waals surface area contributed by atoms with E-state index in [1.165, 1.54) is 16.2 Å². The van der Waals surface area contributed by atoms with Gasteiger partial charge in [0.15, 0.2) is 0 Å². The van der Waals surface area contributed by atoms with Crippen molar-refractivity contribution in [2.75, 3.05) is 19.8 Å². The Morgan fingerprint density at radius 2 is 2.48 bits per heavy atom. The summed E-state index contributed by atoms with van der Waals surface area (Å²) >= 11 is 1.45. The molecule has 7 nitrogen and oxygen atoms in total. The highest BCUT2D eigenvalue weighted by Crippen LogP contribution is 2.18. The van der Waals surface area contributed by atoms with Crippen molar-refractivity contribution in [2.24, 2.45) is 0 Å². The number of nitrogens with zero attached hydrogens (tertiary/aromatic N) is 2. The summed E-state index contributed by atoms with van der Waals surface area (Å²) in [7, 11) is 0. The lowest BCUT2D eigenvalue weighted by atomic mass is 10.2. The smallest absolute Gasteiger partial charge is 0.411 e. The number of cyclic esters (lactones) is 1. The van der Waals surface area contributed by atoms with Gasteiger partial charge in [-0.2, -0.15) is 0 Å². The van der Waals surface area contributed by atoms with E-state index in [1.807, 2.05) is 5.38 Å². The molecule has 1 unspecified atom stereocenters. The third kappa shape index (κ3) is 3.33. The number of ether oxygens (including phenoxy) is 2. The number of hydrogen-bond acceptors (Lipinski definition) is 6. The van der Waals surface area contributed by atoms with Gasteiger partial charge in [0.25, 0.3) is 0 Å². The van der Waals surface area contributed by atoms with Gasteiger partial charge in [-0.25, -0.2) is 9.78 Å². The second-order valence-electron chi connectivity index (χ2n) is 5.03. The Balaban J connectivity index is 1.56. The largest absolute Gasteiger partial charge is 0.447 e. The van der Waals surface area contributed by atoms with Crippen molar-refractivity contribution in [1.82, 2.24) is 15.2 Å². The Labute approximate surface area is 126 Å². The number of thiazole rings is 1. The molecule has 0 aromatic carbocycles. The van der Waals surface area contributed by atoms with Crippen LogP contribution in [-0.4, -0.2) is 53.8 Å². The van der Waals surface area contributed by atoms with Crippen LogP contribution in [0.15, 0.2) is 11.6 Å². The van der Waals surface area contributed by atoms with Crippen LogP contribution in [0.1, 0.15) is 17.8 Å². The van der Waals surface area contributed by atoms with Gasteiger partial charge in [-0.15, -0.1) is 11.3 Å². The molecule has 2 aliphatic heterocycles. The maximum atomic E-state index is 12.2. The van der Waals surface area contributed by atoms with Crippen molar-refractivity contribution in [3.05, 3.63) is 16.6 Å². The summed E-state index contributed by atoms with van der Waals surface area (Å²) in [6, 6.07) is -0.595. The quantitative estimate of drug-likeness (QED) is 0.868. The van der Waals surface area contributed by atoms with E-state index in [0.29, 0.717) is 13.1 Å². The lowest BCUT2D eigenvalue weighted by molar-refractivity contribution is -0.125. The number of hydrogen-bond donors (Lipinski definition) is 1. The fourth-order valence-corrected chi connectivity index (χ4v) is 3.07. The summed E-state index contributed by atoms with van der Waals surface area (Å²) < 4.78 is 10.5. The van der Waals surface area contributed by atoms with Crippen LogP contribution < -0.4 is 5.32 Å². The van der Waals surface area contributed by atoms with Gasteiger partial charge in [-0.1, -0.05) is 0 Å². The lowest BCUT2D eigenvalue weighted by Crippen LogP contribution is -2.47. The predicted molar refractivity (Wildman–Crippen MR) is 74.8 cm³/mol. The molecule has 0 saturated carbocycles. The van der Waals surface area contributed by atoms with Crippen LogP contribution in [0.25, 0.3) is 0 Å². The van der Waals surface area contributed by atoms with Gasteiger partial charge in [0.2, 0.25) is 5.91 Å². The second-order valence-corrected chi connectivity index (χ2v) is 6.01. The zero-order valence-electron chi connectivity index (χ0n) is 11.5. The van der Waals surface area contributed by atoms with E-state index >= 15 is 0 Å². The summed E-state index contributed by atoms with van der Waals surface area (Å²) in [6.45, 7) is 1.62. The highest BCUT2D eigenvalue weighted by molar-refractivity contribution is 7.09. The van der Waals surface area contributed by atoms with Gasteiger partial charge in [0.1, 0.15) is 17.7 Å². The summed E-state index contributed by atoms with van der Waals surface area (Å²) in [4.78, 5) is 29.5. The van der Waals surface area contributed by atoms with E-state index in [1.54, 1.807) is 6.20 Å². The van der Waals surface area contributed by atoms with E-state index in [0.717, 1.165) is 24.5 Å². The van der Waals surface area contributed by atoms with E-state index in [2.05, 4.69) is 10.3 Å². The minimum atomic E-state index is -0.595. The Hall–Kier alpha value is -1.67. The van der Waals surface area contributed by atoms with Crippen LogP contribution >= 0.6 is 11.3 Å². The lowest BCUT2D eigenvalue weighted by Gasteiger charge is -2.20. The molecule has 1 aromatic rings. The molecule has 8 heteroatoms. The van der Waals surface area contributed by atoms with E-state index in [4.69, 9.17) is 9.47 Å². The van der Waals surface area contributed by atoms with Gasteiger partial charge in [-0.3, -0.25) is 9.69 Å². The van der Waals surface area contributed by atoms with E-state index in [9.17, 15) is 9.59 Å². The van der Waals surface area contributed by atoms with Crippen LogP contribution in [-0.2, 0) is 20.8 Å². The number of nitrogens with one attached hydrogen (secondary N) is 1. The first kappa shape index (κ1) is 14.3. The fraction of sp³-hybridized carbons (Fsp3) is 0.615. The summed E-state index contributed by atoms with van der Waals surface area (Å²) in [6.07, 6.45) is 3.28. The van der Waals surface area contributed by atoms with Crippen molar-refractivity contribution in [3.63, 3.8) is 0 Å². The molecular formula is C13H17N3O4S. The predicted octanol–water partition coefficient (Wildman–Crippen LogP) is 0.759. The first-order valence-corrected chi connectivity index (χ1v) is 7.83. The third-order valence-corrected chi connectivity index (χ3v) is 4.36. The maximum Gasteiger partial charge on any atom is 0.411 e. The normalized spacial score (nSPS) is 25.1. The molecule has 21 heavy (non-hydrogen) atoms. The molecule has 1 aromatic heterocycles. The van der Waals surface area contributed by atoms with Crippen molar-refractivity contribution in [1.29, 1.82) is 0 Å². The zero-order chi connectivity index (χ0) is 14.7. The molecule has 2 saturated heterocycles. The minimum Gasteiger partial charge on any atom is -0.447 e. The topological polar surface area (TPSA) is 80.8 Å².